The summed E-state index contributed by atoms with van der Waals surface area (Å²) in [6, 6.07) is 0. The van der Waals surface area contributed by atoms with Gasteiger partial charge in [0, 0.05) is 38.0 Å². The van der Waals surface area contributed by atoms with Crippen LogP contribution in [0.5, 0.6) is 0 Å². The largest absolute Gasteiger partial charge is 0.376 e. The van der Waals surface area contributed by atoms with Crippen LogP contribution in [0.25, 0.3) is 11.2 Å². The minimum Gasteiger partial charge on any atom is -0.376 e. The number of amides is 1. The highest BCUT2D eigenvalue weighted by Gasteiger charge is 2.37. The quantitative estimate of drug-likeness (QED) is 0.803. The van der Waals surface area contributed by atoms with Crippen molar-refractivity contribution in [1.29, 1.82) is 0 Å². The van der Waals surface area contributed by atoms with Crippen LogP contribution in [-0.4, -0.2) is 63.4 Å². The fourth-order valence-electron chi connectivity index (χ4n) is 4.04. The lowest BCUT2D eigenvalue weighted by molar-refractivity contribution is -0.129. The Labute approximate surface area is 176 Å². The number of aromatic nitrogens is 4. The first kappa shape index (κ1) is 21.0. The van der Waals surface area contributed by atoms with Crippen molar-refractivity contribution in [2.75, 3.05) is 31.1 Å². The SMILES string of the molecule is CC(C)(C)C(=O)NCC1(F)CCN(c2ncnc3c2ncn3CC2CCCO2)CC1. The van der Waals surface area contributed by atoms with Crippen LogP contribution in [0.15, 0.2) is 12.7 Å². The number of ether oxygens (including phenoxy) is 1. The minimum absolute atomic E-state index is 0.0478. The standard InChI is InChI=1S/C21H31FN6O2/c1-20(2,3)19(29)23-12-21(22)6-8-27(9-7-21)17-16-18(25-13-24-17)28(14-26-16)11-15-5-4-10-30-15/h13-15H,4-12H2,1-3H3,(H,23,29). The first-order valence-corrected chi connectivity index (χ1v) is 10.7. The molecule has 2 aliphatic heterocycles. The molecule has 0 aliphatic carbocycles. The van der Waals surface area contributed by atoms with Gasteiger partial charge in [-0.05, 0) is 12.8 Å². The van der Waals surface area contributed by atoms with Gasteiger partial charge in [-0.25, -0.2) is 19.3 Å². The van der Waals surface area contributed by atoms with E-state index in [9.17, 15) is 4.79 Å². The summed E-state index contributed by atoms with van der Waals surface area (Å²) in [7, 11) is 0. The van der Waals surface area contributed by atoms with Crippen molar-refractivity contribution in [3.8, 4) is 0 Å². The number of carbonyl (C=O) groups excluding carboxylic acids is 1. The fraction of sp³-hybridized carbons (Fsp3) is 0.714. The van der Waals surface area contributed by atoms with Crippen molar-refractivity contribution in [1.82, 2.24) is 24.8 Å². The predicted molar refractivity (Wildman–Crippen MR) is 112 cm³/mol. The van der Waals surface area contributed by atoms with Crippen LogP contribution >= 0.6 is 0 Å². The molecule has 0 aromatic carbocycles. The van der Waals surface area contributed by atoms with Crippen LogP contribution in [0.4, 0.5) is 10.2 Å². The summed E-state index contributed by atoms with van der Waals surface area (Å²) in [4.78, 5) is 27.6. The fourth-order valence-corrected chi connectivity index (χ4v) is 4.04. The summed E-state index contributed by atoms with van der Waals surface area (Å²) in [5.74, 6) is 0.614. The maximum atomic E-state index is 15.2. The molecule has 4 heterocycles. The lowest BCUT2D eigenvalue weighted by Gasteiger charge is -2.37. The number of imidazole rings is 1. The molecule has 2 saturated heterocycles. The Hall–Kier alpha value is -2.29. The molecule has 2 aromatic heterocycles. The topological polar surface area (TPSA) is 85.2 Å². The van der Waals surface area contributed by atoms with Crippen LogP contribution in [0, 0.1) is 5.41 Å². The molecule has 30 heavy (non-hydrogen) atoms. The van der Waals surface area contributed by atoms with E-state index in [0.29, 0.717) is 25.9 Å². The van der Waals surface area contributed by atoms with E-state index in [1.165, 1.54) is 0 Å². The molecule has 2 aliphatic rings. The van der Waals surface area contributed by atoms with Gasteiger partial charge in [-0.1, -0.05) is 20.8 Å². The van der Waals surface area contributed by atoms with Gasteiger partial charge >= 0.3 is 0 Å². The number of fused-ring (bicyclic) bond motifs is 1. The summed E-state index contributed by atoms with van der Waals surface area (Å²) in [6.45, 7) is 8.11. The third-order valence-corrected chi connectivity index (χ3v) is 6.01. The van der Waals surface area contributed by atoms with Gasteiger partial charge in [0.25, 0.3) is 0 Å². The highest BCUT2D eigenvalue weighted by molar-refractivity contribution is 5.83. The summed E-state index contributed by atoms with van der Waals surface area (Å²) < 4.78 is 23.0. The maximum Gasteiger partial charge on any atom is 0.225 e. The van der Waals surface area contributed by atoms with Crippen molar-refractivity contribution in [2.45, 2.75) is 64.8 Å². The van der Waals surface area contributed by atoms with Crippen LogP contribution in [0.3, 0.4) is 0 Å². The number of nitrogens with zero attached hydrogens (tertiary/aromatic N) is 5. The predicted octanol–water partition coefficient (Wildman–Crippen LogP) is 2.48. The Kier molecular flexibility index (Phi) is 5.65. The van der Waals surface area contributed by atoms with Crippen LogP contribution < -0.4 is 10.2 Å². The number of carbonyl (C=O) groups is 1. The van der Waals surface area contributed by atoms with E-state index < -0.39 is 11.1 Å². The Morgan fingerprint density at radius 2 is 2.07 bits per heavy atom. The van der Waals surface area contributed by atoms with Gasteiger partial charge in [0.05, 0.1) is 25.5 Å². The molecule has 0 saturated carbocycles. The summed E-state index contributed by atoms with van der Waals surface area (Å²) in [5, 5.41) is 2.77. The molecule has 0 radical (unpaired) electrons. The van der Waals surface area contributed by atoms with E-state index >= 15 is 4.39 Å². The molecule has 1 N–H and O–H groups in total. The zero-order chi connectivity index (χ0) is 21.4. The summed E-state index contributed by atoms with van der Waals surface area (Å²) >= 11 is 0. The lowest BCUT2D eigenvalue weighted by atomic mass is 9.91. The minimum atomic E-state index is -1.40. The van der Waals surface area contributed by atoms with E-state index in [1.54, 1.807) is 12.7 Å². The second-order valence-electron chi connectivity index (χ2n) is 9.47. The van der Waals surface area contributed by atoms with Crippen molar-refractivity contribution >= 4 is 22.9 Å². The maximum absolute atomic E-state index is 15.2. The van der Waals surface area contributed by atoms with E-state index in [1.807, 2.05) is 25.3 Å². The van der Waals surface area contributed by atoms with E-state index in [0.717, 1.165) is 43.0 Å². The van der Waals surface area contributed by atoms with Crippen molar-refractivity contribution in [3.63, 3.8) is 0 Å². The van der Waals surface area contributed by atoms with E-state index in [-0.39, 0.29) is 18.6 Å². The average Bonchev–Trinajstić information content (AvgIpc) is 3.37. The molecule has 1 unspecified atom stereocenters. The molecule has 164 valence electrons. The molecule has 2 fully saturated rings. The van der Waals surface area contributed by atoms with Crippen molar-refractivity contribution < 1.29 is 13.9 Å². The first-order chi connectivity index (χ1) is 14.3. The Morgan fingerprint density at radius 3 is 2.73 bits per heavy atom. The third kappa shape index (κ3) is 4.40. The van der Waals surface area contributed by atoms with Crippen molar-refractivity contribution in [3.05, 3.63) is 12.7 Å². The lowest BCUT2D eigenvalue weighted by Crippen LogP contribution is -2.50. The molecule has 1 amide bonds. The number of anilines is 1. The number of piperidine rings is 1. The summed E-state index contributed by atoms with van der Waals surface area (Å²) in [6.07, 6.45) is 6.34. The van der Waals surface area contributed by atoms with Crippen LogP contribution in [-0.2, 0) is 16.1 Å². The smallest absolute Gasteiger partial charge is 0.225 e. The second kappa shape index (κ2) is 8.09. The van der Waals surface area contributed by atoms with Gasteiger partial charge in [-0.15, -0.1) is 0 Å². The number of alkyl halides is 1. The second-order valence-corrected chi connectivity index (χ2v) is 9.47. The summed E-state index contributed by atoms with van der Waals surface area (Å²) in [5.41, 5.74) is -0.401. The molecule has 0 spiro atoms. The average molecular weight is 419 g/mol. The highest BCUT2D eigenvalue weighted by Crippen LogP contribution is 2.31. The first-order valence-electron chi connectivity index (χ1n) is 10.7. The van der Waals surface area contributed by atoms with Gasteiger partial charge < -0.3 is 19.5 Å². The number of rotatable bonds is 5. The molecule has 9 heteroatoms. The number of nitrogens with one attached hydrogen (secondary N) is 1. The number of hydrogen-bond acceptors (Lipinski definition) is 6. The van der Waals surface area contributed by atoms with Crippen molar-refractivity contribution in [2.24, 2.45) is 5.41 Å². The molecule has 0 bridgehead atoms. The Bertz CT molecular complexity index is 895. The van der Waals surface area contributed by atoms with Gasteiger partial charge in [0.15, 0.2) is 17.0 Å². The van der Waals surface area contributed by atoms with Gasteiger partial charge in [0.1, 0.15) is 12.0 Å². The molecular formula is C21H31FN6O2. The molecule has 2 aromatic rings. The third-order valence-electron chi connectivity index (χ3n) is 6.01. The Morgan fingerprint density at radius 1 is 1.30 bits per heavy atom. The molecular weight excluding hydrogens is 387 g/mol. The zero-order valence-corrected chi connectivity index (χ0v) is 18.0. The number of hydrogen-bond donors (Lipinski definition) is 1. The van der Waals surface area contributed by atoms with Gasteiger partial charge in [0.2, 0.25) is 5.91 Å². The molecule has 8 nitrogen and oxygen atoms in total. The highest BCUT2D eigenvalue weighted by atomic mass is 19.1. The normalized spacial score (nSPS) is 21.9. The van der Waals surface area contributed by atoms with Crippen LogP contribution in [0.2, 0.25) is 0 Å². The van der Waals surface area contributed by atoms with E-state index in [4.69, 9.17) is 4.74 Å². The molecule has 1 atom stereocenters. The molecule has 4 rings (SSSR count). The van der Waals surface area contributed by atoms with Crippen LogP contribution in [0.1, 0.15) is 46.5 Å². The Balaban J connectivity index is 1.42. The van der Waals surface area contributed by atoms with E-state index in [2.05, 4.69) is 25.2 Å². The number of halogens is 1. The van der Waals surface area contributed by atoms with Gasteiger partial charge in [-0.2, -0.15) is 0 Å². The van der Waals surface area contributed by atoms with Gasteiger partial charge in [-0.3, -0.25) is 4.79 Å². The monoisotopic (exact) mass is 418 g/mol. The zero-order valence-electron chi connectivity index (χ0n) is 18.0.